The van der Waals surface area contributed by atoms with E-state index < -0.39 is 0 Å². The van der Waals surface area contributed by atoms with E-state index in [2.05, 4.69) is 16.0 Å². The van der Waals surface area contributed by atoms with E-state index in [4.69, 9.17) is 0 Å². The molecule has 2 rings (SSSR count). The van der Waals surface area contributed by atoms with Gasteiger partial charge in [-0.05, 0) is 42.3 Å². The molecule has 2 aromatic carbocycles. The van der Waals surface area contributed by atoms with Crippen LogP contribution >= 0.6 is 0 Å². The van der Waals surface area contributed by atoms with Gasteiger partial charge in [-0.2, -0.15) is 0 Å². The third-order valence-corrected chi connectivity index (χ3v) is 3.28. The number of amides is 2. The molecule has 6 heteroatoms. The lowest BCUT2D eigenvalue weighted by Crippen LogP contribution is -2.38. The van der Waals surface area contributed by atoms with Crippen molar-refractivity contribution < 1.29 is 14.0 Å². The van der Waals surface area contributed by atoms with E-state index in [0.717, 1.165) is 11.1 Å². The Kier molecular flexibility index (Phi) is 6.45. The van der Waals surface area contributed by atoms with E-state index in [1.807, 2.05) is 25.1 Å². The number of halogens is 1. The van der Waals surface area contributed by atoms with E-state index in [-0.39, 0.29) is 30.7 Å². The Morgan fingerprint density at radius 2 is 1.75 bits per heavy atom. The number of nitrogens with one attached hydrogen (secondary N) is 3. The van der Waals surface area contributed by atoms with Crippen LogP contribution in [0.3, 0.4) is 0 Å². The van der Waals surface area contributed by atoms with E-state index >= 15 is 0 Å². The summed E-state index contributed by atoms with van der Waals surface area (Å²) in [5.74, 6) is -0.861. The number of carbonyl (C=O) groups is 2. The summed E-state index contributed by atoms with van der Waals surface area (Å²) in [5.41, 5.74) is 2.62. The minimum atomic E-state index is -0.295. The van der Waals surface area contributed by atoms with Gasteiger partial charge in [0.2, 0.25) is 11.8 Å². The van der Waals surface area contributed by atoms with Crippen molar-refractivity contribution in [2.75, 3.05) is 18.4 Å². The number of aryl methyl sites for hydroxylation is 1. The highest BCUT2D eigenvalue weighted by Gasteiger charge is 2.06. The van der Waals surface area contributed by atoms with Crippen LogP contribution in [0.2, 0.25) is 0 Å². The molecule has 0 unspecified atom stereocenters. The number of hydrogen-bond donors (Lipinski definition) is 3. The Morgan fingerprint density at radius 3 is 2.46 bits per heavy atom. The van der Waals surface area contributed by atoms with Crippen molar-refractivity contribution >= 4 is 17.5 Å². The maximum Gasteiger partial charge on any atom is 0.243 e. The van der Waals surface area contributed by atoms with E-state index in [1.165, 1.54) is 12.1 Å². The SMILES string of the molecule is Cc1cccc(NC(=O)CNC(=O)CNCc2ccc(F)cc2)c1. The van der Waals surface area contributed by atoms with Crippen LogP contribution in [0, 0.1) is 12.7 Å². The largest absolute Gasteiger partial charge is 0.346 e. The van der Waals surface area contributed by atoms with Crippen LogP contribution in [0.15, 0.2) is 48.5 Å². The first-order valence-corrected chi connectivity index (χ1v) is 7.61. The smallest absolute Gasteiger partial charge is 0.243 e. The molecule has 0 saturated carbocycles. The molecule has 0 heterocycles. The van der Waals surface area contributed by atoms with Crippen LogP contribution in [0.25, 0.3) is 0 Å². The second kappa shape index (κ2) is 8.79. The Morgan fingerprint density at radius 1 is 1.00 bits per heavy atom. The van der Waals surface area contributed by atoms with E-state index in [0.29, 0.717) is 12.2 Å². The monoisotopic (exact) mass is 329 g/mol. The minimum Gasteiger partial charge on any atom is -0.346 e. The molecular weight excluding hydrogens is 309 g/mol. The molecule has 0 aliphatic heterocycles. The van der Waals surface area contributed by atoms with Crippen LogP contribution < -0.4 is 16.0 Å². The van der Waals surface area contributed by atoms with Crippen molar-refractivity contribution in [2.24, 2.45) is 0 Å². The van der Waals surface area contributed by atoms with Crippen molar-refractivity contribution in [3.8, 4) is 0 Å². The summed E-state index contributed by atoms with van der Waals surface area (Å²) in [4.78, 5) is 23.5. The molecule has 0 aliphatic carbocycles. The van der Waals surface area contributed by atoms with Crippen LogP contribution in [0.4, 0.5) is 10.1 Å². The van der Waals surface area contributed by atoms with Gasteiger partial charge in [0.25, 0.3) is 0 Å². The number of benzene rings is 2. The van der Waals surface area contributed by atoms with Gasteiger partial charge in [0.1, 0.15) is 5.82 Å². The van der Waals surface area contributed by atoms with Gasteiger partial charge < -0.3 is 16.0 Å². The predicted molar refractivity (Wildman–Crippen MR) is 90.9 cm³/mol. The Balaban J connectivity index is 1.65. The first-order chi connectivity index (χ1) is 11.5. The summed E-state index contributed by atoms with van der Waals surface area (Å²) in [6.45, 7) is 2.37. The first-order valence-electron chi connectivity index (χ1n) is 7.61. The average molecular weight is 329 g/mol. The summed E-state index contributed by atoms with van der Waals surface area (Å²) < 4.78 is 12.8. The van der Waals surface area contributed by atoms with Gasteiger partial charge in [0, 0.05) is 12.2 Å². The molecule has 3 N–H and O–H groups in total. The van der Waals surface area contributed by atoms with Gasteiger partial charge in [0.05, 0.1) is 13.1 Å². The summed E-state index contributed by atoms with van der Waals surface area (Å²) >= 11 is 0. The lowest BCUT2D eigenvalue weighted by atomic mass is 10.2. The molecular formula is C18H20FN3O2. The molecule has 2 aromatic rings. The van der Waals surface area contributed by atoms with Crippen LogP contribution in [0.1, 0.15) is 11.1 Å². The second-order valence-corrected chi connectivity index (χ2v) is 5.42. The minimum absolute atomic E-state index is 0.0785. The predicted octanol–water partition coefficient (Wildman–Crippen LogP) is 1.98. The number of carbonyl (C=O) groups excluding carboxylic acids is 2. The summed E-state index contributed by atoms with van der Waals surface area (Å²) in [6.07, 6.45) is 0. The molecule has 0 fully saturated rings. The zero-order valence-corrected chi connectivity index (χ0v) is 13.4. The standard InChI is InChI=1S/C18H20FN3O2/c1-13-3-2-4-16(9-13)22-18(24)12-21-17(23)11-20-10-14-5-7-15(19)8-6-14/h2-9,20H,10-12H2,1H3,(H,21,23)(H,22,24). The quantitative estimate of drug-likeness (QED) is 0.727. The van der Waals surface area contributed by atoms with Gasteiger partial charge >= 0.3 is 0 Å². The fraction of sp³-hybridized carbons (Fsp3) is 0.222. The molecule has 2 amide bonds. The third-order valence-electron chi connectivity index (χ3n) is 3.28. The van der Waals surface area contributed by atoms with Crippen LogP contribution in [-0.2, 0) is 16.1 Å². The zero-order valence-electron chi connectivity index (χ0n) is 13.4. The average Bonchev–Trinajstić information content (AvgIpc) is 2.55. The van der Waals surface area contributed by atoms with Gasteiger partial charge in [-0.3, -0.25) is 9.59 Å². The van der Waals surface area contributed by atoms with Crippen molar-refractivity contribution in [1.29, 1.82) is 0 Å². The molecule has 5 nitrogen and oxygen atoms in total. The second-order valence-electron chi connectivity index (χ2n) is 5.42. The van der Waals surface area contributed by atoms with Crippen molar-refractivity contribution in [3.05, 3.63) is 65.5 Å². The van der Waals surface area contributed by atoms with Crippen molar-refractivity contribution in [1.82, 2.24) is 10.6 Å². The molecule has 0 atom stereocenters. The highest BCUT2D eigenvalue weighted by Crippen LogP contribution is 2.08. The highest BCUT2D eigenvalue weighted by molar-refractivity contribution is 5.94. The lowest BCUT2D eigenvalue weighted by molar-refractivity contribution is -0.123. The number of hydrogen-bond acceptors (Lipinski definition) is 3. The molecule has 24 heavy (non-hydrogen) atoms. The van der Waals surface area contributed by atoms with E-state index in [9.17, 15) is 14.0 Å². The molecule has 0 saturated heterocycles. The van der Waals surface area contributed by atoms with Gasteiger partial charge in [-0.1, -0.05) is 24.3 Å². The van der Waals surface area contributed by atoms with Crippen molar-refractivity contribution in [3.63, 3.8) is 0 Å². The van der Waals surface area contributed by atoms with Crippen LogP contribution in [0.5, 0.6) is 0 Å². The molecule has 0 spiro atoms. The Bertz CT molecular complexity index is 702. The Hall–Kier alpha value is -2.73. The Labute approximate surface area is 140 Å². The van der Waals surface area contributed by atoms with Gasteiger partial charge in [-0.25, -0.2) is 4.39 Å². The lowest BCUT2D eigenvalue weighted by Gasteiger charge is -2.08. The zero-order chi connectivity index (χ0) is 17.4. The summed E-state index contributed by atoms with van der Waals surface area (Å²) in [6, 6.07) is 13.5. The highest BCUT2D eigenvalue weighted by atomic mass is 19.1. The first kappa shape index (κ1) is 17.6. The fourth-order valence-corrected chi connectivity index (χ4v) is 2.09. The molecule has 0 bridgehead atoms. The number of anilines is 1. The van der Waals surface area contributed by atoms with Gasteiger partial charge in [-0.15, -0.1) is 0 Å². The van der Waals surface area contributed by atoms with E-state index in [1.54, 1.807) is 18.2 Å². The van der Waals surface area contributed by atoms with Crippen molar-refractivity contribution in [2.45, 2.75) is 13.5 Å². The molecule has 0 aromatic heterocycles. The molecule has 0 aliphatic rings. The molecule has 0 radical (unpaired) electrons. The fourth-order valence-electron chi connectivity index (χ4n) is 2.09. The normalized spacial score (nSPS) is 10.2. The third kappa shape index (κ3) is 6.18. The topological polar surface area (TPSA) is 70.2 Å². The maximum atomic E-state index is 12.8. The summed E-state index contributed by atoms with van der Waals surface area (Å²) in [7, 11) is 0. The van der Waals surface area contributed by atoms with Crippen LogP contribution in [-0.4, -0.2) is 24.9 Å². The number of rotatable bonds is 7. The van der Waals surface area contributed by atoms with Gasteiger partial charge in [0.15, 0.2) is 0 Å². The molecule has 126 valence electrons. The maximum absolute atomic E-state index is 12.8. The summed E-state index contributed by atoms with van der Waals surface area (Å²) in [5, 5.41) is 8.19.